The Bertz CT molecular complexity index is 494. The number of hydrogen-bond acceptors (Lipinski definition) is 2. The van der Waals surface area contributed by atoms with E-state index in [-0.39, 0.29) is 6.09 Å². The first-order valence-electron chi connectivity index (χ1n) is 8.13. The largest absolute Gasteiger partial charge is 0.415 e. The van der Waals surface area contributed by atoms with Gasteiger partial charge >= 0.3 is 6.09 Å². The Balaban J connectivity index is 3.39. The fraction of sp³-hybridized carbons (Fsp3) is 0.588. The number of carbonyl (C=O) groups excluding carboxylic acids is 1. The summed E-state index contributed by atoms with van der Waals surface area (Å²) in [7, 11) is -3.17. The predicted octanol–water partition coefficient (Wildman–Crippen LogP) is 3.62. The third-order valence-corrected chi connectivity index (χ3v) is 7.86. The minimum Gasteiger partial charge on any atom is -0.410 e. The van der Waals surface area contributed by atoms with Crippen molar-refractivity contribution < 1.29 is 9.53 Å². The molecule has 0 heterocycles. The van der Waals surface area contributed by atoms with Crippen molar-refractivity contribution in [2.24, 2.45) is 0 Å². The van der Waals surface area contributed by atoms with Crippen LogP contribution in [0, 0.1) is 0 Å². The average Bonchev–Trinajstić information content (AvgIpc) is 2.37. The number of carbonyl (C=O) groups is 1. The minimum atomic E-state index is -1.58. The van der Waals surface area contributed by atoms with E-state index in [1.165, 1.54) is 10.4 Å². The number of ether oxygens (including phenoxy) is 1. The molecular formula is C17H31NO2Si2. The Morgan fingerprint density at radius 2 is 1.36 bits per heavy atom. The van der Waals surface area contributed by atoms with Gasteiger partial charge in [-0.05, 0) is 24.2 Å². The zero-order valence-corrected chi connectivity index (χ0v) is 17.4. The van der Waals surface area contributed by atoms with Crippen LogP contribution in [-0.4, -0.2) is 40.2 Å². The average molecular weight is 338 g/mol. The molecule has 0 saturated carbocycles. The summed E-state index contributed by atoms with van der Waals surface area (Å²) < 4.78 is 5.93. The van der Waals surface area contributed by atoms with Crippen molar-refractivity contribution in [3.8, 4) is 5.75 Å². The Kier molecular flexibility index (Phi) is 6.04. The number of para-hydroxylation sites is 1. The molecule has 5 heteroatoms. The topological polar surface area (TPSA) is 29.5 Å². The predicted molar refractivity (Wildman–Crippen MR) is 101 cm³/mol. The van der Waals surface area contributed by atoms with Gasteiger partial charge in [0.05, 0.1) is 16.1 Å². The zero-order chi connectivity index (χ0) is 17.1. The van der Waals surface area contributed by atoms with Crippen LogP contribution in [0.3, 0.4) is 0 Å². The van der Waals surface area contributed by atoms with E-state index >= 15 is 0 Å². The maximum atomic E-state index is 12.5. The van der Waals surface area contributed by atoms with Gasteiger partial charge in [0.2, 0.25) is 0 Å². The summed E-state index contributed by atoms with van der Waals surface area (Å²) >= 11 is 0. The van der Waals surface area contributed by atoms with Crippen molar-refractivity contribution in [1.29, 1.82) is 0 Å². The maximum Gasteiger partial charge on any atom is 0.415 e. The highest BCUT2D eigenvalue weighted by Gasteiger charge is 2.30. The Hall–Kier alpha value is -1.08. The van der Waals surface area contributed by atoms with Crippen LogP contribution in [0.1, 0.15) is 13.8 Å². The molecule has 0 atom stereocenters. The van der Waals surface area contributed by atoms with E-state index in [0.29, 0.717) is 13.1 Å². The molecule has 22 heavy (non-hydrogen) atoms. The van der Waals surface area contributed by atoms with Gasteiger partial charge in [0.25, 0.3) is 0 Å². The van der Waals surface area contributed by atoms with Gasteiger partial charge in [0.15, 0.2) is 0 Å². The molecule has 0 saturated heterocycles. The van der Waals surface area contributed by atoms with Gasteiger partial charge in [0.1, 0.15) is 5.75 Å². The maximum absolute atomic E-state index is 12.5. The van der Waals surface area contributed by atoms with Crippen molar-refractivity contribution in [1.82, 2.24) is 4.90 Å². The van der Waals surface area contributed by atoms with Crippen LogP contribution in [0.25, 0.3) is 0 Å². The quantitative estimate of drug-likeness (QED) is 0.768. The van der Waals surface area contributed by atoms with E-state index in [9.17, 15) is 4.79 Å². The number of rotatable bonds is 5. The van der Waals surface area contributed by atoms with Crippen LogP contribution in [-0.2, 0) is 0 Å². The van der Waals surface area contributed by atoms with Gasteiger partial charge in [-0.15, -0.1) is 0 Å². The standard InChI is InChI=1S/C17H31NO2Si2/c1-9-18(10-2)17(19)20-16-14(21(3,4)5)12-11-13-15(16)22(6,7)8/h11-13H,9-10H2,1-8H3. The summed E-state index contributed by atoms with van der Waals surface area (Å²) in [6.45, 7) is 19.1. The number of amides is 1. The smallest absolute Gasteiger partial charge is 0.410 e. The molecule has 0 aliphatic rings. The first kappa shape index (κ1) is 19.0. The van der Waals surface area contributed by atoms with Gasteiger partial charge in [-0.3, -0.25) is 0 Å². The van der Waals surface area contributed by atoms with E-state index in [1.54, 1.807) is 4.90 Å². The van der Waals surface area contributed by atoms with Crippen molar-refractivity contribution in [2.75, 3.05) is 13.1 Å². The number of hydrogen-bond donors (Lipinski definition) is 0. The molecule has 0 aromatic heterocycles. The van der Waals surface area contributed by atoms with Crippen molar-refractivity contribution in [3.05, 3.63) is 18.2 Å². The van der Waals surface area contributed by atoms with Gasteiger partial charge < -0.3 is 9.64 Å². The van der Waals surface area contributed by atoms with Gasteiger partial charge in [-0.2, -0.15) is 0 Å². The van der Waals surface area contributed by atoms with Crippen LogP contribution in [0.5, 0.6) is 5.75 Å². The second-order valence-corrected chi connectivity index (χ2v) is 17.8. The van der Waals surface area contributed by atoms with Crippen molar-refractivity contribution >= 4 is 32.6 Å². The molecule has 0 N–H and O–H groups in total. The second-order valence-electron chi connectivity index (χ2n) is 7.72. The first-order chi connectivity index (χ1) is 10.0. The molecule has 0 unspecified atom stereocenters. The fourth-order valence-corrected chi connectivity index (χ4v) is 5.51. The highest BCUT2D eigenvalue weighted by molar-refractivity contribution is 6.92. The molecule has 0 fully saturated rings. The minimum absolute atomic E-state index is 0.227. The lowest BCUT2D eigenvalue weighted by molar-refractivity contribution is 0.158. The normalized spacial score (nSPS) is 12.2. The van der Waals surface area contributed by atoms with E-state index in [1.807, 2.05) is 13.8 Å². The summed E-state index contributed by atoms with van der Waals surface area (Å²) in [4.78, 5) is 14.2. The highest BCUT2D eigenvalue weighted by atomic mass is 28.3. The van der Waals surface area contributed by atoms with E-state index in [0.717, 1.165) is 5.75 Å². The molecule has 1 amide bonds. The third kappa shape index (κ3) is 4.46. The Morgan fingerprint density at radius 1 is 0.955 bits per heavy atom. The van der Waals surface area contributed by atoms with Gasteiger partial charge in [-0.1, -0.05) is 57.5 Å². The van der Waals surface area contributed by atoms with Crippen LogP contribution < -0.4 is 15.1 Å². The molecule has 124 valence electrons. The highest BCUT2D eigenvalue weighted by Crippen LogP contribution is 2.18. The Labute approximate surface area is 137 Å². The lowest BCUT2D eigenvalue weighted by Crippen LogP contribution is -2.48. The summed E-state index contributed by atoms with van der Waals surface area (Å²) in [6.07, 6.45) is -0.227. The molecule has 0 radical (unpaired) electrons. The molecule has 0 aliphatic heterocycles. The second kappa shape index (κ2) is 7.00. The number of nitrogens with zero attached hydrogens (tertiary/aromatic N) is 1. The van der Waals surface area contributed by atoms with Crippen molar-refractivity contribution in [2.45, 2.75) is 53.1 Å². The molecular weight excluding hydrogens is 306 g/mol. The third-order valence-electron chi connectivity index (χ3n) is 3.84. The molecule has 0 bridgehead atoms. The SMILES string of the molecule is CCN(CC)C(=O)Oc1c([Si](C)(C)C)cccc1[Si](C)(C)C. The molecule has 1 rings (SSSR count). The summed E-state index contributed by atoms with van der Waals surface area (Å²) in [5, 5.41) is 2.49. The van der Waals surface area contributed by atoms with E-state index in [2.05, 4.69) is 57.5 Å². The van der Waals surface area contributed by atoms with E-state index < -0.39 is 16.1 Å². The van der Waals surface area contributed by atoms with Gasteiger partial charge in [0, 0.05) is 13.1 Å². The molecule has 1 aromatic rings. The van der Waals surface area contributed by atoms with Crippen LogP contribution >= 0.6 is 0 Å². The Morgan fingerprint density at radius 3 is 1.68 bits per heavy atom. The van der Waals surface area contributed by atoms with E-state index in [4.69, 9.17) is 4.74 Å². The van der Waals surface area contributed by atoms with Crippen molar-refractivity contribution in [3.63, 3.8) is 0 Å². The summed E-state index contributed by atoms with van der Waals surface area (Å²) in [5.74, 6) is 0.845. The molecule has 0 aliphatic carbocycles. The molecule has 1 aromatic carbocycles. The van der Waals surface area contributed by atoms with Crippen LogP contribution in [0.15, 0.2) is 18.2 Å². The number of benzene rings is 1. The summed E-state index contributed by atoms with van der Waals surface area (Å²) in [6, 6.07) is 6.40. The zero-order valence-electron chi connectivity index (χ0n) is 15.4. The lowest BCUT2D eigenvalue weighted by Gasteiger charge is -2.28. The monoisotopic (exact) mass is 337 g/mol. The lowest BCUT2D eigenvalue weighted by atomic mass is 10.3. The fourth-order valence-electron chi connectivity index (χ4n) is 2.46. The van der Waals surface area contributed by atoms with Crippen LogP contribution in [0.2, 0.25) is 39.3 Å². The van der Waals surface area contributed by atoms with Gasteiger partial charge in [-0.25, -0.2) is 4.79 Å². The molecule has 0 spiro atoms. The van der Waals surface area contributed by atoms with Crippen LogP contribution in [0.4, 0.5) is 4.79 Å². The molecule has 3 nitrogen and oxygen atoms in total. The summed E-state index contributed by atoms with van der Waals surface area (Å²) in [5.41, 5.74) is 0. The first-order valence-corrected chi connectivity index (χ1v) is 15.1.